The number of aromatic nitrogens is 1. The molecule has 0 amide bonds. The molecule has 5 nitrogen and oxygen atoms in total. The molecule has 0 saturated heterocycles. The molecule has 0 atom stereocenters. The molecule has 2 aromatic heterocycles. The summed E-state index contributed by atoms with van der Waals surface area (Å²) in [5.74, 6) is 0.0690. The number of hydrogen-bond donors (Lipinski definition) is 0. The van der Waals surface area contributed by atoms with Crippen LogP contribution in [0.2, 0.25) is 5.02 Å². The number of benzene rings is 3. The quantitative estimate of drug-likeness (QED) is 0.243. The van der Waals surface area contributed by atoms with Gasteiger partial charge < -0.3 is 8.83 Å². The standard InChI is InChI=1S/C25H12ClNO4/c26-16-7-5-13(6-8-16)20-12-21-25(31-20)27-22(30-21)11-19-23(28)17-9-14-3-1-2-4-15(14)10-18(17)24(19)29/h1-12H. The second-order valence-corrected chi connectivity index (χ2v) is 7.74. The van der Waals surface area contributed by atoms with Crippen molar-refractivity contribution < 1.29 is 18.4 Å². The fourth-order valence-corrected chi connectivity index (χ4v) is 3.96. The fourth-order valence-electron chi connectivity index (χ4n) is 3.83. The van der Waals surface area contributed by atoms with Gasteiger partial charge in [-0.25, -0.2) is 0 Å². The summed E-state index contributed by atoms with van der Waals surface area (Å²) in [4.78, 5) is 30.1. The van der Waals surface area contributed by atoms with Gasteiger partial charge in [-0.05, 0) is 47.2 Å². The minimum Gasteiger partial charge on any atom is -0.435 e. The Balaban J connectivity index is 1.38. The van der Waals surface area contributed by atoms with Crippen molar-refractivity contribution in [1.29, 1.82) is 0 Å². The Bertz CT molecular complexity index is 1480. The highest BCUT2D eigenvalue weighted by Gasteiger charge is 2.34. The van der Waals surface area contributed by atoms with Gasteiger partial charge in [0.15, 0.2) is 17.1 Å². The lowest BCUT2D eigenvalue weighted by Gasteiger charge is -2.00. The molecule has 5 aromatic rings. The van der Waals surface area contributed by atoms with E-state index in [2.05, 4.69) is 4.98 Å². The number of oxazole rings is 1. The van der Waals surface area contributed by atoms with Crippen LogP contribution in [0.25, 0.3) is 39.5 Å². The van der Waals surface area contributed by atoms with Crippen LogP contribution in [0.5, 0.6) is 0 Å². The van der Waals surface area contributed by atoms with E-state index in [1.807, 2.05) is 36.4 Å². The van der Waals surface area contributed by atoms with Crippen molar-refractivity contribution in [1.82, 2.24) is 4.98 Å². The Kier molecular flexibility index (Phi) is 3.76. The van der Waals surface area contributed by atoms with Gasteiger partial charge in [0.1, 0.15) is 5.76 Å². The zero-order valence-electron chi connectivity index (χ0n) is 15.9. The maximum absolute atomic E-state index is 12.9. The van der Waals surface area contributed by atoms with E-state index in [1.54, 1.807) is 30.3 Å². The number of furan rings is 1. The average Bonchev–Trinajstić information content (AvgIpc) is 3.40. The molecule has 0 saturated carbocycles. The monoisotopic (exact) mass is 425 g/mol. The second kappa shape index (κ2) is 6.52. The first kappa shape index (κ1) is 17.9. The molecule has 31 heavy (non-hydrogen) atoms. The zero-order chi connectivity index (χ0) is 21.1. The topological polar surface area (TPSA) is 73.3 Å². The van der Waals surface area contributed by atoms with Crippen molar-refractivity contribution in [3.05, 3.63) is 94.3 Å². The number of nitrogens with zero attached hydrogens (tertiary/aromatic N) is 1. The van der Waals surface area contributed by atoms with Crippen LogP contribution in [0.3, 0.4) is 0 Å². The number of allylic oxidation sites excluding steroid dienone is 1. The lowest BCUT2D eigenvalue weighted by Crippen LogP contribution is -2.00. The van der Waals surface area contributed by atoms with Crippen LogP contribution in [0, 0.1) is 0 Å². The van der Waals surface area contributed by atoms with Crippen LogP contribution in [0.15, 0.2) is 81.1 Å². The summed E-state index contributed by atoms with van der Waals surface area (Å²) in [5.41, 5.74) is 2.38. The number of carbonyl (C=O) groups excluding carboxylic acids is 2. The second-order valence-electron chi connectivity index (χ2n) is 7.30. The van der Waals surface area contributed by atoms with Gasteiger partial charge in [-0.2, -0.15) is 4.98 Å². The Labute approximate surface area is 180 Å². The highest BCUT2D eigenvalue weighted by atomic mass is 35.5. The summed E-state index contributed by atoms with van der Waals surface area (Å²) >= 11 is 5.92. The molecule has 0 radical (unpaired) electrons. The molecule has 0 spiro atoms. The van der Waals surface area contributed by atoms with Crippen LogP contribution < -0.4 is 0 Å². The fraction of sp³-hybridized carbons (Fsp3) is 0. The SMILES string of the molecule is O=C1C(=Cc2nc3oc(-c4ccc(Cl)cc4)cc3o2)C(=O)c2cc3ccccc3cc21. The molecule has 0 bridgehead atoms. The number of rotatable bonds is 2. The van der Waals surface area contributed by atoms with Gasteiger partial charge in [0, 0.05) is 33.9 Å². The molecule has 0 unspecified atom stereocenters. The number of Topliss-reactive ketones (excluding diaryl/α,β-unsaturated/α-hetero) is 2. The van der Waals surface area contributed by atoms with Gasteiger partial charge in [-0.1, -0.05) is 35.9 Å². The molecule has 3 aromatic carbocycles. The van der Waals surface area contributed by atoms with E-state index >= 15 is 0 Å². The van der Waals surface area contributed by atoms with Crippen molar-refractivity contribution in [2.24, 2.45) is 0 Å². The summed E-state index contributed by atoms with van der Waals surface area (Å²) in [6, 6.07) is 20.0. The zero-order valence-corrected chi connectivity index (χ0v) is 16.6. The van der Waals surface area contributed by atoms with Gasteiger partial charge in [0.25, 0.3) is 5.71 Å². The normalized spacial score (nSPS) is 13.4. The van der Waals surface area contributed by atoms with Gasteiger partial charge in [0.2, 0.25) is 5.89 Å². The first-order valence-electron chi connectivity index (χ1n) is 9.57. The molecule has 0 fully saturated rings. The van der Waals surface area contributed by atoms with E-state index in [4.69, 9.17) is 20.4 Å². The van der Waals surface area contributed by atoms with Gasteiger partial charge in [-0.15, -0.1) is 0 Å². The Morgan fingerprint density at radius 1 is 0.806 bits per heavy atom. The number of fused-ring (bicyclic) bond motifs is 3. The predicted molar refractivity (Wildman–Crippen MR) is 117 cm³/mol. The lowest BCUT2D eigenvalue weighted by molar-refractivity contribution is 0.0990. The highest BCUT2D eigenvalue weighted by Crippen LogP contribution is 2.33. The minimum atomic E-state index is -0.331. The van der Waals surface area contributed by atoms with E-state index in [1.165, 1.54) is 6.08 Å². The Morgan fingerprint density at radius 3 is 2.06 bits per heavy atom. The molecule has 148 valence electrons. The van der Waals surface area contributed by atoms with E-state index in [-0.39, 0.29) is 28.7 Å². The summed E-state index contributed by atoms with van der Waals surface area (Å²) in [5, 5.41) is 2.45. The van der Waals surface area contributed by atoms with Crippen LogP contribution in [-0.2, 0) is 0 Å². The molecule has 6 heteroatoms. The smallest absolute Gasteiger partial charge is 0.266 e. The average molecular weight is 426 g/mol. The number of halogens is 1. The lowest BCUT2D eigenvalue weighted by atomic mass is 10.0. The first-order chi connectivity index (χ1) is 15.1. The van der Waals surface area contributed by atoms with E-state index in [0.29, 0.717) is 27.5 Å². The van der Waals surface area contributed by atoms with Gasteiger partial charge in [-0.3, -0.25) is 9.59 Å². The highest BCUT2D eigenvalue weighted by molar-refractivity contribution is 6.42. The number of ketones is 2. The maximum atomic E-state index is 12.9. The van der Waals surface area contributed by atoms with Crippen molar-refractivity contribution in [3.63, 3.8) is 0 Å². The molecular formula is C25H12ClNO4. The molecular weight excluding hydrogens is 414 g/mol. The minimum absolute atomic E-state index is 0.0344. The summed E-state index contributed by atoms with van der Waals surface area (Å²) in [6.45, 7) is 0. The van der Waals surface area contributed by atoms with Gasteiger partial charge >= 0.3 is 0 Å². The molecule has 0 aliphatic heterocycles. The van der Waals surface area contributed by atoms with Crippen molar-refractivity contribution in [3.8, 4) is 11.3 Å². The summed E-state index contributed by atoms with van der Waals surface area (Å²) < 4.78 is 11.5. The van der Waals surface area contributed by atoms with Crippen molar-refractivity contribution in [2.75, 3.05) is 0 Å². The largest absolute Gasteiger partial charge is 0.435 e. The molecule has 1 aliphatic rings. The Morgan fingerprint density at radius 2 is 1.45 bits per heavy atom. The number of carbonyl (C=O) groups is 2. The molecule has 0 N–H and O–H groups in total. The molecule has 6 rings (SSSR count). The third-order valence-corrected chi connectivity index (χ3v) is 5.62. The van der Waals surface area contributed by atoms with Crippen molar-refractivity contribution in [2.45, 2.75) is 0 Å². The summed E-state index contributed by atoms with van der Waals surface area (Å²) in [6.07, 6.45) is 1.38. The maximum Gasteiger partial charge on any atom is 0.266 e. The molecule has 2 heterocycles. The van der Waals surface area contributed by atoms with E-state index in [9.17, 15) is 9.59 Å². The van der Waals surface area contributed by atoms with E-state index in [0.717, 1.165) is 16.3 Å². The van der Waals surface area contributed by atoms with E-state index < -0.39 is 0 Å². The van der Waals surface area contributed by atoms with Gasteiger partial charge in [0.05, 0.1) is 5.57 Å². The van der Waals surface area contributed by atoms with Crippen LogP contribution in [0.4, 0.5) is 0 Å². The van der Waals surface area contributed by atoms with Crippen LogP contribution in [-0.4, -0.2) is 16.6 Å². The van der Waals surface area contributed by atoms with Crippen LogP contribution >= 0.6 is 11.6 Å². The molecule has 1 aliphatic carbocycles. The Hall–Kier alpha value is -3.96. The first-order valence-corrected chi connectivity index (χ1v) is 9.95. The third-order valence-electron chi connectivity index (χ3n) is 5.37. The third kappa shape index (κ3) is 2.82. The predicted octanol–water partition coefficient (Wildman–Crippen LogP) is 6.36. The van der Waals surface area contributed by atoms with Crippen molar-refractivity contribution >= 4 is 51.3 Å². The summed E-state index contributed by atoms with van der Waals surface area (Å²) in [7, 11) is 0. The number of hydrogen-bond acceptors (Lipinski definition) is 5. The van der Waals surface area contributed by atoms with Crippen LogP contribution in [0.1, 0.15) is 26.6 Å².